The Morgan fingerprint density at radius 3 is 1.84 bits per heavy atom. The maximum absolute atomic E-state index is 12.3. The third-order valence-corrected chi connectivity index (χ3v) is 6.31. The molecule has 32 heavy (non-hydrogen) atoms. The summed E-state index contributed by atoms with van der Waals surface area (Å²) >= 11 is 13.5. The largest absolute Gasteiger partial charge is 0.419 e. The predicted molar refractivity (Wildman–Crippen MR) is 126 cm³/mol. The Morgan fingerprint density at radius 1 is 0.969 bits per heavy atom. The third-order valence-electron chi connectivity index (χ3n) is 3.27. The molecule has 4 aromatic heterocycles. The molecule has 0 aliphatic carbocycles. The van der Waals surface area contributed by atoms with Crippen LogP contribution in [0.25, 0.3) is 20.4 Å². The van der Waals surface area contributed by atoms with Crippen LogP contribution in [-0.4, -0.2) is 46.3 Å². The fraction of sp³-hybridized carbons (Fsp3) is 0.278. The van der Waals surface area contributed by atoms with Crippen molar-refractivity contribution in [1.82, 2.24) is 19.9 Å². The molecular weight excluding hydrogens is 524 g/mol. The maximum atomic E-state index is 12.3. The molecule has 6 nitrogen and oxygen atoms in total. The van der Waals surface area contributed by atoms with Crippen LogP contribution in [0.1, 0.15) is 20.7 Å². The Kier molecular flexibility index (Phi) is 9.49. The van der Waals surface area contributed by atoms with Crippen molar-refractivity contribution in [3.63, 3.8) is 0 Å². The van der Waals surface area contributed by atoms with Crippen molar-refractivity contribution in [3.8, 4) is 0 Å². The molecule has 0 bridgehead atoms. The van der Waals surface area contributed by atoms with Gasteiger partial charge in [-0.3, -0.25) is 4.79 Å². The van der Waals surface area contributed by atoms with E-state index in [9.17, 15) is 18.0 Å². The number of fused-ring (bicyclic) bond motifs is 2. The van der Waals surface area contributed by atoms with Gasteiger partial charge in [0.1, 0.15) is 23.0 Å². The van der Waals surface area contributed by atoms with Gasteiger partial charge in [0.15, 0.2) is 12.4 Å². The first kappa shape index (κ1) is 26.5. The maximum Gasteiger partial charge on any atom is 0.419 e. The Hall–Kier alpha value is -1.70. The van der Waals surface area contributed by atoms with Crippen LogP contribution in [0.2, 0.25) is 29.9 Å². The number of carbonyl (C=O) groups excluding carboxylic acids is 1. The molecule has 1 unspecified atom stereocenters. The van der Waals surface area contributed by atoms with E-state index in [1.807, 2.05) is 0 Å². The number of aldehydes is 1. The quantitative estimate of drug-likeness (QED) is 0.185. The van der Waals surface area contributed by atoms with E-state index in [-0.39, 0.29) is 18.8 Å². The molecular formula is C18H17Cl2F3N4O2S2Si. The first-order valence-electron chi connectivity index (χ1n) is 8.94. The molecule has 0 aliphatic heterocycles. The summed E-state index contributed by atoms with van der Waals surface area (Å²) in [5, 5.41) is 9.52. The van der Waals surface area contributed by atoms with Crippen LogP contribution in [0.15, 0.2) is 24.8 Å². The lowest BCUT2D eigenvalue weighted by atomic mass is 10.3. The van der Waals surface area contributed by atoms with E-state index in [1.54, 1.807) is 6.07 Å². The molecule has 0 aromatic carbocycles. The van der Waals surface area contributed by atoms with E-state index >= 15 is 0 Å². The molecule has 1 atom stereocenters. The molecule has 1 N–H and O–H groups in total. The lowest BCUT2D eigenvalue weighted by Gasteiger charge is -2.11. The minimum absolute atomic E-state index is 0.0793. The van der Waals surface area contributed by atoms with E-state index in [0.29, 0.717) is 20.2 Å². The van der Waals surface area contributed by atoms with Gasteiger partial charge in [0.05, 0.1) is 25.3 Å². The average molecular weight is 541 g/mol. The van der Waals surface area contributed by atoms with Gasteiger partial charge in [0.2, 0.25) is 0 Å². The summed E-state index contributed by atoms with van der Waals surface area (Å²) in [5.74, 6) is 0. The van der Waals surface area contributed by atoms with Crippen molar-refractivity contribution in [2.45, 2.75) is 31.9 Å². The molecule has 0 saturated carbocycles. The highest BCUT2D eigenvalue weighted by molar-refractivity contribution is 7.21. The highest BCUT2D eigenvalue weighted by Gasteiger charge is 2.40. The number of hydrogen-bond donors (Lipinski definition) is 1. The van der Waals surface area contributed by atoms with Crippen molar-refractivity contribution in [2.24, 2.45) is 0 Å². The zero-order valence-corrected chi connectivity index (χ0v) is 21.2. The van der Waals surface area contributed by atoms with Crippen molar-refractivity contribution in [2.75, 3.05) is 0 Å². The molecule has 0 spiro atoms. The highest BCUT2D eigenvalue weighted by atomic mass is 35.5. The first-order chi connectivity index (χ1) is 14.9. The van der Waals surface area contributed by atoms with E-state index < -0.39 is 12.3 Å². The summed E-state index contributed by atoms with van der Waals surface area (Å²) in [6, 6.07) is 2.85. The Bertz CT molecular complexity index is 1200. The molecule has 0 aliphatic rings. The van der Waals surface area contributed by atoms with Crippen LogP contribution in [0.4, 0.5) is 13.2 Å². The SMILES string of the molecule is C[SiH](C)C.O=Cc1cc2ncnc(Cl)c2s1.OC(c1cc2ncnc(Cl)c2s1)C(F)(F)F. The Labute approximate surface area is 200 Å². The summed E-state index contributed by atoms with van der Waals surface area (Å²) in [7, 11) is -0.139. The van der Waals surface area contributed by atoms with Crippen LogP contribution < -0.4 is 0 Å². The predicted octanol–water partition coefficient (Wildman–Crippen LogP) is 6.20. The number of rotatable bonds is 2. The minimum Gasteiger partial charge on any atom is -0.379 e. The molecule has 0 radical (unpaired) electrons. The summed E-state index contributed by atoms with van der Waals surface area (Å²) in [5.41, 5.74) is 1.02. The van der Waals surface area contributed by atoms with E-state index in [4.69, 9.17) is 28.3 Å². The van der Waals surface area contributed by atoms with E-state index in [1.165, 1.54) is 17.7 Å². The van der Waals surface area contributed by atoms with Crippen molar-refractivity contribution < 1.29 is 23.1 Å². The lowest BCUT2D eigenvalue weighted by Crippen LogP contribution is -2.18. The normalized spacial score (nSPS) is 12.2. The average Bonchev–Trinajstić information content (AvgIpc) is 3.32. The van der Waals surface area contributed by atoms with Gasteiger partial charge in [-0.25, -0.2) is 19.9 Å². The van der Waals surface area contributed by atoms with Crippen LogP contribution in [0.5, 0.6) is 0 Å². The molecule has 172 valence electrons. The highest BCUT2D eigenvalue weighted by Crippen LogP contribution is 2.39. The van der Waals surface area contributed by atoms with Crippen LogP contribution >= 0.6 is 45.9 Å². The topological polar surface area (TPSA) is 88.9 Å². The second kappa shape index (κ2) is 11.4. The molecule has 0 fully saturated rings. The second-order valence-corrected chi connectivity index (χ2v) is 13.2. The third kappa shape index (κ3) is 7.15. The van der Waals surface area contributed by atoms with Crippen molar-refractivity contribution in [1.29, 1.82) is 0 Å². The summed E-state index contributed by atoms with van der Waals surface area (Å²) in [6.07, 6.45) is -3.89. The standard InChI is InChI=1S/C8H4ClF3N2OS.C7H3ClN2OS.C3H10Si/c9-7-5-3(13-2-14-7)1-4(16-5)6(15)8(10,11)12;8-7-6-5(9-3-10-7)1-4(2-11)12-6;1-4(2)3/h1-2,6,15H;1-3H;4H,1-3H3. The van der Waals surface area contributed by atoms with Gasteiger partial charge in [-0.15, -0.1) is 22.7 Å². The van der Waals surface area contributed by atoms with Crippen LogP contribution in [0.3, 0.4) is 0 Å². The molecule has 14 heteroatoms. The van der Waals surface area contributed by atoms with E-state index in [2.05, 4.69) is 39.6 Å². The summed E-state index contributed by atoms with van der Waals surface area (Å²) < 4.78 is 37.9. The van der Waals surface area contributed by atoms with Crippen LogP contribution in [0, 0.1) is 0 Å². The van der Waals surface area contributed by atoms with Gasteiger partial charge >= 0.3 is 6.18 Å². The van der Waals surface area contributed by atoms with Crippen LogP contribution in [-0.2, 0) is 0 Å². The molecule has 0 amide bonds. The van der Waals surface area contributed by atoms with Crippen molar-refractivity contribution >= 4 is 81.4 Å². The zero-order valence-electron chi connectivity index (χ0n) is 16.9. The molecule has 4 rings (SSSR count). The fourth-order valence-corrected chi connectivity index (χ4v) is 4.37. The Morgan fingerprint density at radius 2 is 1.44 bits per heavy atom. The van der Waals surface area contributed by atoms with Gasteiger partial charge in [0.25, 0.3) is 0 Å². The second-order valence-electron chi connectivity index (χ2n) is 6.85. The molecule has 0 saturated heterocycles. The van der Waals surface area contributed by atoms with Gasteiger partial charge in [0, 0.05) is 13.7 Å². The number of aliphatic hydroxyl groups is 1. The minimum atomic E-state index is -4.69. The number of halogens is 5. The number of aliphatic hydroxyl groups excluding tert-OH is 1. The summed E-state index contributed by atoms with van der Waals surface area (Å²) in [6.45, 7) is 6.92. The van der Waals surface area contributed by atoms with Crippen molar-refractivity contribution in [3.05, 3.63) is 44.8 Å². The number of carbonyl (C=O) groups is 1. The fourth-order valence-electron chi connectivity index (χ4n) is 2.04. The van der Waals surface area contributed by atoms with Gasteiger partial charge < -0.3 is 5.11 Å². The van der Waals surface area contributed by atoms with Gasteiger partial charge in [-0.2, -0.15) is 13.2 Å². The smallest absolute Gasteiger partial charge is 0.379 e. The number of nitrogens with zero attached hydrogens (tertiary/aromatic N) is 4. The zero-order chi connectivity index (χ0) is 24.1. The van der Waals surface area contributed by atoms with Gasteiger partial charge in [-0.05, 0) is 12.1 Å². The lowest BCUT2D eigenvalue weighted by molar-refractivity contribution is -0.205. The van der Waals surface area contributed by atoms with E-state index in [0.717, 1.165) is 40.2 Å². The molecule has 4 aromatic rings. The number of thiophene rings is 2. The number of aromatic nitrogens is 4. The summed E-state index contributed by atoms with van der Waals surface area (Å²) in [4.78, 5) is 26.0. The molecule has 4 heterocycles. The monoisotopic (exact) mass is 540 g/mol. The Balaban J connectivity index is 0.000000200. The van der Waals surface area contributed by atoms with Gasteiger partial charge in [-0.1, -0.05) is 42.8 Å². The number of hydrogen-bond acceptors (Lipinski definition) is 8. The number of alkyl halides is 3. The first-order valence-corrected chi connectivity index (χ1v) is 14.8.